The molecule has 12 heteroatoms. The Morgan fingerprint density at radius 2 is 1.31 bits per heavy atom. The number of rotatable bonds is 8. The molecule has 9 nitrogen and oxygen atoms in total. The summed E-state index contributed by atoms with van der Waals surface area (Å²) in [4.78, 5) is 14.3. The Balaban J connectivity index is 0. The summed E-state index contributed by atoms with van der Waals surface area (Å²) in [7, 11) is 3.76. The van der Waals surface area contributed by atoms with Gasteiger partial charge in [0.15, 0.2) is 0 Å². The van der Waals surface area contributed by atoms with E-state index in [0.29, 0.717) is 41.8 Å². The Bertz CT molecular complexity index is 923. The summed E-state index contributed by atoms with van der Waals surface area (Å²) in [6, 6.07) is 7.30. The summed E-state index contributed by atoms with van der Waals surface area (Å²) < 4.78 is 1.36. The topological polar surface area (TPSA) is 142 Å². The molecule has 0 atom stereocenters. The molecule has 0 aromatic heterocycles. The molecular weight excluding hydrogens is 634 g/mol. The summed E-state index contributed by atoms with van der Waals surface area (Å²) in [5, 5.41) is 54.0. The van der Waals surface area contributed by atoms with Crippen molar-refractivity contribution in [3.8, 4) is 11.5 Å². The minimum Gasteiger partial charge on any atom is -0.872 e. The molecule has 0 unspecified atom stereocenters. The zero-order chi connectivity index (χ0) is 27.3. The molecule has 0 radical (unpaired) electrons. The first-order valence-corrected chi connectivity index (χ1v) is 12.5. The Morgan fingerprint density at radius 3 is 1.75 bits per heavy atom. The van der Waals surface area contributed by atoms with Crippen molar-refractivity contribution in [2.45, 2.75) is 53.0 Å². The Kier molecular flexibility index (Phi) is 19.7. The molecule has 0 fully saturated rings. The number of non-ortho nitro benzene ring substituents is 1. The average molecular weight is 667 g/mol. The molecule has 0 saturated heterocycles. The van der Waals surface area contributed by atoms with E-state index in [9.17, 15) is 30.5 Å². The third-order valence-electron chi connectivity index (χ3n) is 4.08. The molecule has 2 aromatic carbocycles. The molecular formula is C24H33Br2N3O6Ti. The molecule has 0 spiro atoms. The molecule has 0 aliphatic carbocycles. The van der Waals surface area contributed by atoms with Gasteiger partial charge in [-0.05, 0) is 37.4 Å². The second-order valence-corrected chi connectivity index (χ2v) is 10.3. The fraction of sp³-hybridized carbons (Fsp3) is 0.500. The van der Waals surface area contributed by atoms with Gasteiger partial charge in [-0.1, -0.05) is 71.4 Å². The van der Waals surface area contributed by atoms with Gasteiger partial charge in [0.25, 0.3) is 5.69 Å². The van der Waals surface area contributed by atoms with E-state index in [1.807, 2.05) is 23.9 Å². The number of nitrogens with zero attached hydrogens (tertiary/aromatic N) is 3. The van der Waals surface area contributed by atoms with Gasteiger partial charge in [-0.15, -0.1) is 18.0 Å². The van der Waals surface area contributed by atoms with E-state index in [1.54, 1.807) is 39.8 Å². The Hall–Kier alpha value is -1.05. The average Bonchev–Trinajstić information content (AvgIpc) is 2.70. The Labute approximate surface area is 245 Å². The summed E-state index contributed by atoms with van der Waals surface area (Å²) >= 11 is 6.65. The molecule has 0 bridgehead atoms. The van der Waals surface area contributed by atoms with Crippen LogP contribution >= 0.6 is 31.9 Å². The molecule has 198 valence electrons. The number of hydrogen-bond donors (Lipinski definition) is 0. The van der Waals surface area contributed by atoms with Crippen LogP contribution < -0.4 is 20.4 Å². The second-order valence-electron chi connectivity index (χ2n) is 8.50. The van der Waals surface area contributed by atoms with Crippen molar-refractivity contribution in [2.24, 2.45) is 0 Å². The van der Waals surface area contributed by atoms with E-state index in [4.69, 9.17) is 0 Å². The fourth-order valence-electron chi connectivity index (χ4n) is 2.62. The predicted octanol–water partition coefficient (Wildman–Crippen LogP) is 2.34. The minimum absolute atomic E-state index is 0. The van der Waals surface area contributed by atoms with Gasteiger partial charge in [-0.25, -0.2) is 0 Å². The maximum Gasteiger partial charge on any atom is 4.00 e. The summed E-state index contributed by atoms with van der Waals surface area (Å²) in [5.41, 5.74) is 0.993. The first-order chi connectivity index (χ1) is 16.1. The van der Waals surface area contributed by atoms with E-state index in [0.717, 1.165) is 4.47 Å². The number of nitro benzene ring substituents is 1. The van der Waals surface area contributed by atoms with Gasteiger partial charge < -0.3 is 30.2 Å². The summed E-state index contributed by atoms with van der Waals surface area (Å²) in [6.07, 6.45) is -0.833. The van der Waals surface area contributed by atoms with Crippen molar-refractivity contribution in [1.29, 1.82) is 0 Å². The van der Waals surface area contributed by atoms with Crippen LogP contribution in [-0.2, 0) is 34.8 Å². The van der Waals surface area contributed by atoms with Gasteiger partial charge in [-0.2, -0.15) is 0 Å². The van der Waals surface area contributed by atoms with Crippen LogP contribution in [0.4, 0.5) is 5.69 Å². The molecule has 0 aliphatic rings. The molecule has 0 aliphatic heterocycles. The second kappa shape index (κ2) is 19.1. The normalized spacial score (nSPS) is 10.5. The van der Waals surface area contributed by atoms with E-state index in [2.05, 4.69) is 31.9 Å². The monoisotopic (exact) mass is 665 g/mol. The van der Waals surface area contributed by atoms with E-state index in [-0.39, 0.29) is 38.9 Å². The summed E-state index contributed by atoms with van der Waals surface area (Å²) in [6.45, 7) is 8.57. The van der Waals surface area contributed by atoms with Gasteiger partial charge in [0.05, 0.1) is 4.92 Å². The van der Waals surface area contributed by atoms with Crippen molar-refractivity contribution < 1.29 is 47.1 Å². The number of likely N-dealkylation sites (N-methyl/N-ethyl adjacent to an activating group) is 2. The minimum atomic E-state index is -0.507. The van der Waals surface area contributed by atoms with Gasteiger partial charge >= 0.3 is 21.7 Å². The van der Waals surface area contributed by atoms with Crippen LogP contribution in [0.1, 0.15) is 38.8 Å². The van der Waals surface area contributed by atoms with Crippen molar-refractivity contribution in [1.82, 2.24) is 9.80 Å². The molecule has 36 heavy (non-hydrogen) atoms. The van der Waals surface area contributed by atoms with E-state index in [1.165, 1.54) is 18.2 Å². The van der Waals surface area contributed by atoms with Crippen molar-refractivity contribution in [3.05, 3.63) is 60.5 Å². The molecule has 0 heterocycles. The smallest absolute Gasteiger partial charge is 0.872 e. The van der Waals surface area contributed by atoms with E-state index < -0.39 is 17.1 Å². The maximum atomic E-state index is 12.2. The number of benzene rings is 2. The quantitative estimate of drug-likeness (QED) is 0.238. The molecule has 0 N–H and O–H groups in total. The van der Waals surface area contributed by atoms with Crippen LogP contribution in [0.3, 0.4) is 0 Å². The molecule has 2 rings (SSSR count). The van der Waals surface area contributed by atoms with Crippen LogP contribution in [0.2, 0.25) is 0 Å². The van der Waals surface area contributed by atoms with Gasteiger partial charge in [0.1, 0.15) is 0 Å². The van der Waals surface area contributed by atoms with Gasteiger partial charge in [-0.3, -0.25) is 10.1 Å². The third kappa shape index (κ3) is 16.7. The van der Waals surface area contributed by atoms with Crippen LogP contribution in [0.15, 0.2) is 39.3 Å². The first kappa shape index (κ1) is 37.1. The standard InChI is InChI=1S/C18H21Br2N3O4.2C3H7O.Ti/c1-21(10-12-8-15(23(26)27)3-4-17(12)24)5-6-22(2)11-13-7-14(19)9-16(20)18(13)25;2*1-3(2)4;/h3-4,7-9,24-25H,5-6,10-11H2,1-2H3;2*3H,1-2H3;/q;2*-1;+4/p-2. The Morgan fingerprint density at radius 1 is 0.861 bits per heavy atom. The predicted molar refractivity (Wildman–Crippen MR) is 137 cm³/mol. The molecule has 0 amide bonds. The van der Waals surface area contributed by atoms with Crippen LogP contribution in [0.5, 0.6) is 11.5 Å². The SMILES string of the molecule is CC(C)[O-].CC(C)[O-].CN(CCN(C)Cc1cc(Br)cc(Br)c1[O-])Cc1cc([N+](=O)[O-])ccc1[O-].[Ti+4]. The number of halogens is 2. The van der Waals surface area contributed by atoms with Crippen molar-refractivity contribution in [2.75, 3.05) is 27.2 Å². The zero-order valence-electron chi connectivity index (χ0n) is 21.4. The number of nitro groups is 1. The van der Waals surface area contributed by atoms with Crippen LogP contribution in [0, 0.1) is 10.1 Å². The zero-order valence-corrected chi connectivity index (χ0v) is 26.2. The van der Waals surface area contributed by atoms with Gasteiger partial charge in [0, 0.05) is 47.3 Å². The fourth-order valence-corrected chi connectivity index (χ4v) is 3.93. The third-order valence-corrected chi connectivity index (χ3v) is 5.13. The molecule has 2 aromatic rings. The van der Waals surface area contributed by atoms with Crippen molar-refractivity contribution in [3.63, 3.8) is 0 Å². The van der Waals surface area contributed by atoms with Crippen LogP contribution in [-0.4, -0.2) is 54.1 Å². The van der Waals surface area contributed by atoms with E-state index >= 15 is 0 Å². The largest absolute Gasteiger partial charge is 4.00 e. The summed E-state index contributed by atoms with van der Waals surface area (Å²) in [5.74, 6) is -0.248. The first-order valence-electron chi connectivity index (χ1n) is 10.9. The van der Waals surface area contributed by atoms with Crippen molar-refractivity contribution >= 4 is 37.5 Å². The number of hydrogen-bond acceptors (Lipinski definition) is 8. The van der Waals surface area contributed by atoms with Crippen LogP contribution in [0.25, 0.3) is 0 Å². The van der Waals surface area contributed by atoms with Gasteiger partial charge in [0.2, 0.25) is 0 Å². The molecule has 0 saturated carbocycles. The maximum absolute atomic E-state index is 12.2.